The normalized spacial score (nSPS) is 18.7. The summed E-state index contributed by atoms with van der Waals surface area (Å²) < 4.78 is 38.9. The van der Waals surface area contributed by atoms with Gasteiger partial charge in [-0.3, -0.25) is 4.79 Å². The minimum Gasteiger partial charge on any atom is -0.469 e. The lowest BCUT2D eigenvalue weighted by molar-refractivity contribution is 0.0300. The van der Waals surface area contributed by atoms with E-state index in [4.69, 9.17) is 9.15 Å². The van der Waals surface area contributed by atoms with E-state index in [9.17, 15) is 13.2 Å². The second-order valence-electron chi connectivity index (χ2n) is 6.71. The molecule has 4 rings (SSSR count). The van der Waals surface area contributed by atoms with Crippen molar-refractivity contribution in [3.8, 4) is 0 Å². The van der Waals surface area contributed by atoms with Crippen LogP contribution in [-0.4, -0.2) is 56.4 Å². The number of amides is 1. The lowest BCUT2D eigenvalue weighted by Crippen LogP contribution is -2.41. The lowest BCUT2D eigenvalue weighted by Gasteiger charge is -2.28. The second kappa shape index (κ2) is 7.46. The number of sulfonamides is 1. The third-order valence-electron chi connectivity index (χ3n) is 5.03. The summed E-state index contributed by atoms with van der Waals surface area (Å²) in [6.07, 6.45) is 2.98. The highest BCUT2D eigenvalue weighted by molar-refractivity contribution is 7.89. The van der Waals surface area contributed by atoms with Crippen LogP contribution in [-0.2, 0) is 27.7 Å². The zero-order valence-corrected chi connectivity index (χ0v) is 15.8. The van der Waals surface area contributed by atoms with Crippen molar-refractivity contribution in [2.45, 2.75) is 24.3 Å². The van der Waals surface area contributed by atoms with Gasteiger partial charge in [-0.2, -0.15) is 4.31 Å². The summed E-state index contributed by atoms with van der Waals surface area (Å²) in [6.45, 7) is 2.53. The predicted octanol–water partition coefficient (Wildman–Crippen LogP) is 1.89. The maximum Gasteiger partial charge on any atom is 0.255 e. The van der Waals surface area contributed by atoms with Crippen molar-refractivity contribution in [1.29, 1.82) is 0 Å². The van der Waals surface area contributed by atoms with Gasteiger partial charge >= 0.3 is 0 Å². The van der Waals surface area contributed by atoms with Crippen LogP contribution in [0.15, 0.2) is 45.9 Å². The van der Waals surface area contributed by atoms with Gasteiger partial charge in [0.1, 0.15) is 5.76 Å². The first-order chi connectivity index (χ1) is 13.1. The number of benzene rings is 1. The van der Waals surface area contributed by atoms with Crippen molar-refractivity contribution >= 4 is 15.9 Å². The molecular formula is C19H22N2O5S. The number of furan rings is 1. The lowest BCUT2D eigenvalue weighted by atomic mass is 10.2. The SMILES string of the molecule is O=C(c1ccccc1S(=O)(=O)N1CCCc2occc2C1)N1CCOCC1. The average Bonchev–Trinajstić information content (AvgIpc) is 3.04. The molecule has 144 valence electrons. The number of carbonyl (C=O) groups excluding carboxylic acids is 1. The minimum absolute atomic E-state index is 0.0634. The zero-order valence-electron chi connectivity index (χ0n) is 15.0. The summed E-state index contributed by atoms with van der Waals surface area (Å²) in [5, 5.41) is 0. The summed E-state index contributed by atoms with van der Waals surface area (Å²) in [4.78, 5) is 14.7. The Labute approximate surface area is 158 Å². The third-order valence-corrected chi connectivity index (χ3v) is 6.93. The molecule has 1 amide bonds. The van der Waals surface area contributed by atoms with Crippen molar-refractivity contribution in [3.63, 3.8) is 0 Å². The van der Waals surface area contributed by atoms with E-state index < -0.39 is 10.0 Å². The minimum atomic E-state index is -3.81. The number of nitrogens with zero attached hydrogens (tertiary/aromatic N) is 2. The third kappa shape index (κ3) is 3.52. The molecule has 0 atom stereocenters. The Balaban J connectivity index is 1.67. The van der Waals surface area contributed by atoms with Crippen molar-refractivity contribution in [1.82, 2.24) is 9.21 Å². The molecule has 1 aromatic carbocycles. The molecule has 1 aromatic heterocycles. The van der Waals surface area contributed by atoms with E-state index in [-0.39, 0.29) is 22.9 Å². The number of ether oxygens (including phenoxy) is 1. The Morgan fingerprint density at radius 2 is 1.81 bits per heavy atom. The van der Waals surface area contributed by atoms with Crippen LogP contribution in [0.4, 0.5) is 0 Å². The molecule has 2 aliphatic heterocycles. The molecule has 0 unspecified atom stereocenters. The van der Waals surface area contributed by atoms with Crippen LogP contribution in [0.2, 0.25) is 0 Å². The van der Waals surface area contributed by atoms with Gasteiger partial charge in [0.25, 0.3) is 5.91 Å². The maximum absolute atomic E-state index is 13.4. The number of carbonyl (C=O) groups is 1. The summed E-state index contributed by atoms with van der Waals surface area (Å²) in [7, 11) is -3.81. The molecule has 0 aliphatic carbocycles. The topological polar surface area (TPSA) is 80.1 Å². The Kier molecular flexibility index (Phi) is 5.03. The van der Waals surface area contributed by atoms with Crippen LogP contribution in [0.5, 0.6) is 0 Å². The molecule has 8 heteroatoms. The fourth-order valence-corrected chi connectivity index (χ4v) is 5.20. The highest BCUT2D eigenvalue weighted by Crippen LogP contribution is 2.27. The van der Waals surface area contributed by atoms with E-state index in [2.05, 4.69) is 0 Å². The quantitative estimate of drug-likeness (QED) is 0.800. The number of hydrogen-bond acceptors (Lipinski definition) is 5. The molecule has 1 fully saturated rings. The van der Waals surface area contributed by atoms with Crippen molar-refractivity contribution in [2.24, 2.45) is 0 Å². The number of fused-ring (bicyclic) bond motifs is 1. The Morgan fingerprint density at radius 1 is 1.04 bits per heavy atom. The van der Waals surface area contributed by atoms with Gasteiger partial charge in [0.2, 0.25) is 10.0 Å². The van der Waals surface area contributed by atoms with E-state index in [1.807, 2.05) is 6.07 Å². The first kappa shape index (κ1) is 18.2. The van der Waals surface area contributed by atoms with Gasteiger partial charge in [-0.1, -0.05) is 12.1 Å². The molecule has 0 N–H and O–H groups in total. The Bertz CT molecular complexity index is 931. The van der Waals surface area contributed by atoms with E-state index in [0.717, 1.165) is 11.3 Å². The van der Waals surface area contributed by atoms with Crippen LogP contribution < -0.4 is 0 Å². The highest BCUT2D eigenvalue weighted by Gasteiger charge is 2.32. The molecule has 0 bridgehead atoms. The van der Waals surface area contributed by atoms with Crippen LogP contribution in [0.1, 0.15) is 28.1 Å². The zero-order chi connectivity index (χ0) is 18.9. The van der Waals surface area contributed by atoms with Crippen LogP contribution in [0.3, 0.4) is 0 Å². The first-order valence-electron chi connectivity index (χ1n) is 9.09. The van der Waals surface area contributed by atoms with Gasteiger partial charge in [0, 0.05) is 38.2 Å². The summed E-state index contributed by atoms with van der Waals surface area (Å²) >= 11 is 0. The molecule has 0 radical (unpaired) electrons. The Morgan fingerprint density at radius 3 is 2.63 bits per heavy atom. The fraction of sp³-hybridized carbons (Fsp3) is 0.421. The highest BCUT2D eigenvalue weighted by atomic mass is 32.2. The largest absolute Gasteiger partial charge is 0.469 e. The van der Waals surface area contributed by atoms with Crippen LogP contribution >= 0.6 is 0 Å². The molecule has 0 spiro atoms. The van der Waals surface area contributed by atoms with Gasteiger partial charge in [-0.25, -0.2) is 8.42 Å². The van der Waals surface area contributed by atoms with Gasteiger partial charge in [-0.05, 0) is 24.6 Å². The summed E-state index contributed by atoms with van der Waals surface area (Å²) in [6, 6.07) is 8.28. The fourth-order valence-electron chi connectivity index (χ4n) is 3.56. The van der Waals surface area contributed by atoms with Gasteiger partial charge in [0.15, 0.2) is 0 Å². The van der Waals surface area contributed by atoms with Crippen molar-refractivity contribution in [3.05, 3.63) is 53.5 Å². The molecular weight excluding hydrogens is 368 g/mol. The van der Waals surface area contributed by atoms with Gasteiger partial charge in [-0.15, -0.1) is 0 Å². The van der Waals surface area contributed by atoms with E-state index in [1.165, 1.54) is 10.4 Å². The number of rotatable bonds is 3. The van der Waals surface area contributed by atoms with Crippen molar-refractivity contribution < 1.29 is 22.4 Å². The van der Waals surface area contributed by atoms with Gasteiger partial charge in [0.05, 0.1) is 29.9 Å². The second-order valence-corrected chi connectivity index (χ2v) is 8.62. The van der Waals surface area contributed by atoms with Crippen LogP contribution in [0, 0.1) is 0 Å². The maximum atomic E-state index is 13.4. The standard InChI is InChI=1S/C19H22N2O5S/c22-19(20-9-12-25-13-10-20)16-4-1-2-6-18(16)27(23,24)21-8-3-5-17-15(14-21)7-11-26-17/h1-2,4,6-7,11H,3,5,8-10,12-14H2. The molecule has 27 heavy (non-hydrogen) atoms. The van der Waals surface area contributed by atoms with Crippen LogP contribution in [0.25, 0.3) is 0 Å². The average molecular weight is 390 g/mol. The van der Waals surface area contributed by atoms with E-state index >= 15 is 0 Å². The molecule has 3 heterocycles. The van der Waals surface area contributed by atoms with E-state index in [1.54, 1.807) is 29.4 Å². The Hall–Kier alpha value is -2.16. The number of morpholine rings is 1. The predicted molar refractivity (Wildman–Crippen MR) is 97.8 cm³/mol. The summed E-state index contributed by atoms with van der Waals surface area (Å²) in [5.41, 5.74) is 1.10. The number of aryl methyl sites for hydroxylation is 1. The smallest absolute Gasteiger partial charge is 0.255 e. The summed E-state index contributed by atoms with van der Waals surface area (Å²) in [5.74, 6) is 0.571. The van der Waals surface area contributed by atoms with Crippen molar-refractivity contribution in [2.75, 3.05) is 32.8 Å². The molecule has 1 saturated heterocycles. The molecule has 2 aromatic rings. The molecule has 7 nitrogen and oxygen atoms in total. The van der Waals surface area contributed by atoms with E-state index in [0.29, 0.717) is 45.7 Å². The monoisotopic (exact) mass is 390 g/mol. The molecule has 0 saturated carbocycles. The first-order valence-corrected chi connectivity index (χ1v) is 10.5. The molecule has 2 aliphatic rings. The van der Waals surface area contributed by atoms with Gasteiger partial charge < -0.3 is 14.1 Å². The number of hydrogen-bond donors (Lipinski definition) is 0.